The van der Waals surface area contributed by atoms with Crippen LogP contribution in [0.5, 0.6) is 0 Å². The smallest absolute Gasteiger partial charge is 0.240 e. The van der Waals surface area contributed by atoms with Crippen molar-refractivity contribution in [3.05, 3.63) is 58.7 Å². The Balaban J connectivity index is 2.25. The van der Waals surface area contributed by atoms with E-state index in [0.29, 0.717) is 16.1 Å². The van der Waals surface area contributed by atoms with Gasteiger partial charge in [-0.2, -0.15) is 5.26 Å². The van der Waals surface area contributed by atoms with Gasteiger partial charge in [0, 0.05) is 13.2 Å². The molecule has 0 saturated carbocycles. The molecule has 0 aliphatic carbocycles. The van der Waals surface area contributed by atoms with Crippen LogP contribution in [0.4, 0.5) is 5.82 Å². The summed E-state index contributed by atoms with van der Waals surface area (Å²) in [5, 5.41) is 9.28. The fourth-order valence-corrected chi connectivity index (χ4v) is 3.03. The van der Waals surface area contributed by atoms with Crippen molar-refractivity contribution in [1.82, 2.24) is 4.98 Å². The number of pyridine rings is 1. The van der Waals surface area contributed by atoms with Crippen molar-refractivity contribution in [2.75, 3.05) is 11.4 Å². The summed E-state index contributed by atoms with van der Waals surface area (Å²) in [6, 6.07) is 11.6. The molecule has 0 spiro atoms. The molecule has 1 aromatic carbocycles. The molecule has 7 heteroatoms. The van der Waals surface area contributed by atoms with Gasteiger partial charge < -0.3 is 0 Å². The third-order valence-corrected chi connectivity index (χ3v) is 4.80. The second-order valence-electron chi connectivity index (χ2n) is 4.37. The van der Waals surface area contributed by atoms with Crippen LogP contribution in [-0.2, 0) is 15.8 Å². The van der Waals surface area contributed by atoms with E-state index in [1.807, 2.05) is 6.07 Å². The van der Waals surface area contributed by atoms with Crippen molar-refractivity contribution in [2.45, 2.75) is 5.75 Å². The lowest BCUT2D eigenvalue weighted by Crippen LogP contribution is -2.28. The first-order valence-corrected chi connectivity index (χ1v) is 7.98. The monoisotopic (exact) mass is 321 g/mol. The third kappa shape index (κ3) is 3.72. The van der Waals surface area contributed by atoms with E-state index in [9.17, 15) is 8.42 Å². The summed E-state index contributed by atoms with van der Waals surface area (Å²) in [4.78, 5) is 3.98. The van der Waals surface area contributed by atoms with Crippen LogP contribution in [0.25, 0.3) is 0 Å². The number of sulfonamides is 1. The number of hydrogen-bond acceptors (Lipinski definition) is 4. The van der Waals surface area contributed by atoms with Crippen LogP contribution in [0.3, 0.4) is 0 Å². The maximum absolute atomic E-state index is 12.4. The fraction of sp³-hybridized carbons (Fsp3) is 0.143. The van der Waals surface area contributed by atoms with Crippen molar-refractivity contribution in [3.63, 3.8) is 0 Å². The lowest BCUT2D eigenvalue weighted by atomic mass is 10.2. The van der Waals surface area contributed by atoms with Gasteiger partial charge in [0.2, 0.25) is 10.0 Å². The van der Waals surface area contributed by atoms with Crippen LogP contribution < -0.4 is 4.31 Å². The van der Waals surface area contributed by atoms with E-state index in [1.54, 1.807) is 30.3 Å². The maximum Gasteiger partial charge on any atom is 0.240 e. The van der Waals surface area contributed by atoms with Gasteiger partial charge in [0.25, 0.3) is 0 Å². The van der Waals surface area contributed by atoms with E-state index in [2.05, 4.69) is 4.98 Å². The summed E-state index contributed by atoms with van der Waals surface area (Å²) in [7, 11) is -2.16. The van der Waals surface area contributed by atoms with Gasteiger partial charge in [-0.25, -0.2) is 13.4 Å². The molecule has 0 saturated heterocycles. The molecule has 0 fully saturated rings. The lowest BCUT2D eigenvalue weighted by Gasteiger charge is -2.18. The molecule has 0 amide bonds. The molecule has 2 rings (SSSR count). The Kier molecular flexibility index (Phi) is 4.46. The molecule has 2 aromatic rings. The van der Waals surface area contributed by atoms with Crippen molar-refractivity contribution < 1.29 is 8.42 Å². The molecule has 0 aliphatic heterocycles. The van der Waals surface area contributed by atoms with Crippen LogP contribution in [0.2, 0.25) is 5.02 Å². The molecule has 5 nitrogen and oxygen atoms in total. The fourth-order valence-electron chi connectivity index (χ4n) is 1.73. The van der Waals surface area contributed by atoms with E-state index >= 15 is 0 Å². The highest BCUT2D eigenvalue weighted by Crippen LogP contribution is 2.18. The predicted molar refractivity (Wildman–Crippen MR) is 81.4 cm³/mol. The second-order valence-corrected chi connectivity index (χ2v) is 6.81. The molecule has 0 N–H and O–H groups in total. The van der Waals surface area contributed by atoms with Gasteiger partial charge in [-0.3, -0.25) is 4.31 Å². The Hall–Kier alpha value is -2.10. The van der Waals surface area contributed by atoms with Gasteiger partial charge in [0.1, 0.15) is 5.82 Å². The van der Waals surface area contributed by atoms with Crippen molar-refractivity contribution in [1.29, 1.82) is 5.26 Å². The zero-order valence-electron chi connectivity index (χ0n) is 11.2. The van der Waals surface area contributed by atoms with Crippen molar-refractivity contribution >= 4 is 27.4 Å². The topological polar surface area (TPSA) is 74.1 Å². The molecule has 0 bridgehead atoms. The number of nitriles is 1. The normalized spacial score (nSPS) is 10.9. The number of nitrogens with zero attached hydrogens (tertiary/aromatic N) is 3. The zero-order valence-corrected chi connectivity index (χ0v) is 12.8. The standard InChI is InChI=1S/C14H12ClN3O2S/c1-18(14-6-5-13(15)9-17-14)21(19,20)10-12-4-2-3-11(7-12)8-16/h2-7,9H,10H2,1H3. The average Bonchev–Trinajstić information content (AvgIpc) is 2.47. The van der Waals surface area contributed by atoms with Gasteiger partial charge in [-0.1, -0.05) is 23.7 Å². The van der Waals surface area contributed by atoms with Gasteiger partial charge in [-0.15, -0.1) is 0 Å². The molecule has 21 heavy (non-hydrogen) atoms. The molecule has 108 valence electrons. The van der Waals surface area contributed by atoms with Crippen molar-refractivity contribution in [3.8, 4) is 6.07 Å². The SMILES string of the molecule is CN(c1ccc(Cl)cn1)S(=O)(=O)Cc1cccc(C#N)c1. The number of halogens is 1. The molecular weight excluding hydrogens is 310 g/mol. The number of benzene rings is 1. The average molecular weight is 322 g/mol. The van der Waals surface area contributed by atoms with Gasteiger partial charge in [0.05, 0.1) is 22.4 Å². The maximum atomic E-state index is 12.4. The van der Waals surface area contributed by atoms with E-state index in [1.165, 1.54) is 19.3 Å². The Labute approximate surface area is 128 Å². The Morgan fingerprint density at radius 1 is 1.33 bits per heavy atom. The number of hydrogen-bond donors (Lipinski definition) is 0. The summed E-state index contributed by atoms with van der Waals surface area (Å²) >= 11 is 5.73. The Morgan fingerprint density at radius 2 is 2.10 bits per heavy atom. The molecule has 0 unspecified atom stereocenters. The molecule has 0 radical (unpaired) electrons. The summed E-state index contributed by atoms with van der Waals surface area (Å²) in [6.07, 6.45) is 1.39. The van der Waals surface area contributed by atoms with Crippen LogP contribution in [0, 0.1) is 11.3 Å². The first-order valence-electron chi connectivity index (χ1n) is 5.99. The summed E-state index contributed by atoms with van der Waals surface area (Å²) in [6.45, 7) is 0. The molecule has 1 aromatic heterocycles. The second kappa shape index (κ2) is 6.12. The summed E-state index contributed by atoms with van der Waals surface area (Å²) in [5.41, 5.74) is 0.977. The number of anilines is 1. The van der Waals surface area contributed by atoms with E-state index < -0.39 is 10.0 Å². The van der Waals surface area contributed by atoms with Crippen LogP contribution >= 0.6 is 11.6 Å². The van der Waals surface area contributed by atoms with Gasteiger partial charge in [0.15, 0.2) is 0 Å². The minimum absolute atomic E-state index is 0.205. The third-order valence-electron chi connectivity index (χ3n) is 2.86. The summed E-state index contributed by atoms with van der Waals surface area (Å²) < 4.78 is 25.8. The Bertz CT molecular complexity index is 783. The first-order chi connectivity index (χ1) is 9.92. The quantitative estimate of drug-likeness (QED) is 0.867. The predicted octanol–water partition coefficient (Wildman–Crippen LogP) is 2.57. The van der Waals surface area contributed by atoms with E-state index in [4.69, 9.17) is 16.9 Å². The van der Waals surface area contributed by atoms with E-state index in [0.717, 1.165) is 4.31 Å². The molecule has 1 heterocycles. The van der Waals surface area contributed by atoms with E-state index in [-0.39, 0.29) is 11.6 Å². The number of rotatable bonds is 4. The molecule has 0 aliphatic rings. The van der Waals surface area contributed by atoms with Crippen LogP contribution in [-0.4, -0.2) is 20.4 Å². The van der Waals surface area contributed by atoms with Gasteiger partial charge >= 0.3 is 0 Å². The zero-order chi connectivity index (χ0) is 15.5. The number of aromatic nitrogens is 1. The highest BCUT2D eigenvalue weighted by Gasteiger charge is 2.20. The Morgan fingerprint density at radius 3 is 2.71 bits per heavy atom. The minimum atomic E-state index is -3.59. The minimum Gasteiger partial charge on any atom is -0.257 e. The molecule has 0 atom stereocenters. The first kappa shape index (κ1) is 15.3. The van der Waals surface area contributed by atoms with Crippen LogP contribution in [0.15, 0.2) is 42.6 Å². The molecular formula is C14H12ClN3O2S. The summed E-state index contributed by atoms with van der Waals surface area (Å²) in [5.74, 6) is 0.0828. The lowest BCUT2D eigenvalue weighted by molar-refractivity contribution is 0.593. The van der Waals surface area contributed by atoms with Crippen LogP contribution in [0.1, 0.15) is 11.1 Å². The highest BCUT2D eigenvalue weighted by molar-refractivity contribution is 7.92. The largest absolute Gasteiger partial charge is 0.257 e. The van der Waals surface area contributed by atoms with Crippen molar-refractivity contribution in [2.24, 2.45) is 0 Å². The van der Waals surface area contributed by atoms with Gasteiger partial charge in [-0.05, 0) is 29.8 Å². The highest BCUT2D eigenvalue weighted by atomic mass is 35.5.